The summed E-state index contributed by atoms with van der Waals surface area (Å²) in [7, 11) is 0. The number of aromatic nitrogens is 3. The highest BCUT2D eigenvalue weighted by Crippen LogP contribution is 2.19. The molecule has 6 heteroatoms. The number of aliphatic hydroxyl groups excluding tert-OH is 1. The first-order chi connectivity index (χ1) is 9.22. The Labute approximate surface area is 117 Å². The standard InChI is InChI=1S/C13H17ClN4O/c1-2-12-16-13(18-17-12)9-4-3-5-10(6-9)15-8-11(19)7-14/h3-6,11,15,19H,2,7-8H2,1H3,(H,16,17,18). The Morgan fingerprint density at radius 3 is 3.00 bits per heavy atom. The summed E-state index contributed by atoms with van der Waals surface area (Å²) in [4.78, 5) is 4.39. The molecule has 3 N–H and O–H groups in total. The van der Waals surface area contributed by atoms with Crippen molar-refractivity contribution < 1.29 is 5.11 Å². The summed E-state index contributed by atoms with van der Waals surface area (Å²) < 4.78 is 0. The number of benzene rings is 1. The fourth-order valence-electron chi connectivity index (χ4n) is 1.64. The Morgan fingerprint density at radius 2 is 2.32 bits per heavy atom. The highest BCUT2D eigenvalue weighted by Gasteiger charge is 2.06. The molecule has 0 spiro atoms. The molecule has 0 radical (unpaired) electrons. The summed E-state index contributed by atoms with van der Waals surface area (Å²) in [5.41, 5.74) is 1.84. The summed E-state index contributed by atoms with van der Waals surface area (Å²) in [5.74, 6) is 1.76. The molecule has 1 aromatic carbocycles. The Kier molecular flexibility index (Phi) is 4.76. The number of hydrogen-bond donors (Lipinski definition) is 3. The smallest absolute Gasteiger partial charge is 0.181 e. The van der Waals surface area contributed by atoms with Gasteiger partial charge in [-0.3, -0.25) is 5.10 Å². The van der Waals surface area contributed by atoms with E-state index in [1.54, 1.807) is 0 Å². The van der Waals surface area contributed by atoms with Crippen LogP contribution in [0.25, 0.3) is 11.4 Å². The van der Waals surface area contributed by atoms with Gasteiger partial charge in [0.1, 0.15) is 5.82 Å². The number of nitrogens with one attached hydrogen (secondary N) is 2. The fraction of sp³-hybridized carbons (Fsp3) is 0.385. The summed E-state index contributed by atoms with van der Waals surface area (Å²) >= 11 is 5.55. The van der Waals surface area contributed by atoms with Gasteiger partial charge >= 0.3 is 0 Å². The summed E-state index contributed by atoms with van der Waals surface area (Å²) in [6, 6.07) is 7.75. The molecule has 0 aliphatic rings. The Morgan fingerprint density at radius 1 is 1.47 bits per heavy atom. The lowest BCUT2D eigenvalue weighted by Crippen LogP contribution is -2.20. The number of rotatable bonds is 6. The maximum atomic E-state index is 9.42. The fourth-order valence-corrected chi connectivity index (χ4v) is 1.75. The van der Waals surface area contributed by atoms with Crippen LogP contribution in [-0.4, -0.2) is 38.8 Å². The largest absolute Gasteiger partial charge is 0.390 e. The number of aryl methyl sites for hydroxylation is 1. The van der Waals surface area contributed by atoms with E-state index in [4.69, 9.17) is 11.6 Å². The van der Waals surface area contributed by atoms with Gasteiger partial charge in [-0.15, -0.1) is 11.6 Å². The second kappa shape index (κ2) is 6.54. The summed E-state index contributed by atoms with van der Waals surface area (Å²) in [6.07, 6.45) is 0.271. The van der Waals surface area contributed by atoms with E-state index in [9.17, 15) is 5.11 Å². The molecule has 0 saturated carbocycles. The van der Waals surface area contributed by atoms with Gasteiger partial charge in [0.2, 0.25) is 0 Å². The number of halogens is 1. The van der Waals surface area contributed by atoms with Crippen LogP contribution in [0.3, 0.4) is 0 Å². The van der Waals surface area contributed by atoms with Crippen LogP contribution in [0.2, 0.25) is 0 Å². The molecule has 19 heavy (non-hydrogen) atoms. The van der Waals surface area contributed by atoms with E-state index in [0.717, 1.165) is 23.5 Å². The van der Waals surface area contributed by atoms with E-state index in [-0.39, 0.29) is 5.88 Å². The van der Waals surface area contributed by atoms with E-state index in [1.807, 2.05) is 31.2 Å². The molecule has 2 rings (SSSR count). The van der Waals surface area contributed by atoms with Crippen molar-refractivity contribution in [2.24, 2.45) is 0 Å². The van der Waals surface area contributed by atoms with E-state index < -0.39 is 6.10 Å². The average Bonchev–Trinajstić information content (AvgIpc) is 2.94. The van der Waals surface area contributed by atoms with Gasteiger partial charge in [0.15, 0.2) is 5.82 Å². The Bertz CT molecular complexity index is 529. The molecule has 0 amide bonds. The lowest BCUT2D eigenvalue weighted by atomic mass is 10.2. The second-order valence-electron chi connectivity index (χ2n) is 4.23. The van der Waals surface area contributed by atoms with Crippen LogP contribution in [0.15, 0.2) is 24.3 Å². The van der Waals surface area contributed by atoms with Crippen LogP contribution < -0.4 is 5.32 Å². The molecule has 0 saturated heterocycles. The zero-order valence-corrected chi connectivity index (χ0v) is 11.5. The van der Waals surface area contributed by atoms with Crippen LogP contribution >= 0.6 is 11.6 Å². The van der Waals surface area contributed by atoms with Gasteiger partial charge in [-0.2, -0.15) is 5.10 Å². The van der Waals surface area contributed by atoms with Crippen molar-refractivity contribution in [1.82, 2.24) is 15.2 Å². The molecule has 0 bridgehead atoms. The first kappa shape index (κ1) is 13.8. The average molecular weight is 281 g/mol. The van der Waals surface area contributed by atoms with Crippen molar-refractivity contribution in [3.8, 4) is 11.4 Å². The van der Waals surface area contributed by atoms with Gasteiger partial charge in [-0.25, -0.2) is 4.98 Å². The van der Waals surface area contributed by atoms with Crippen molar-refractivity contribution in [2.45, 2.75) is 19.4 Å². The van der Waals surface area contributed by atoms with E-state index in [2.05, 4.69) is 20.5 Å². The van der Waals surface area contributed by atoms with Crippen LogP contribution in [0.5, 0.6) is 0 Å². The molecule has 2 aromatic rings. The van der Waals surface area contributed by atoms with E-state index in [1.165, 1.54) is 0 Å². The molecular weight excluding hydrogens is 264 g/mol. The van der Waals surface area contributed by atoms with Crippen LogP contribution in [-0.2, 0) is 6.42 Å². The van der Waals surface area contributed by atoms with Crippen molar-refractivity contribution in [3.63, 3.8) is 0 Å². The second-order valence-corrected chi connectivity index (χ2v) is 4.54. The molecule has 0 aliphatic carbocycles. The minimum atomic E-state index is -0.555. The third-order valence-corrected chi connectivity index (χ3v) is 3.06. The zero-order chi connectivity index (χ0) is 13.7. The molecule has 1 heterocycles. The monoisotopic (exact) mass is 280 g/mol. The summed E-state index contributed by atoms with van der Waals surface area (Å²) in [5, 5.41) is 19.6. The first-order valence-electron chi connectivity index (χ1n) is 6.22. The highest BCUT2D eigenvalue weighted by molar-refractivity contribution is 6.18. The molecule has 0 fully saturated rings. The van der Waals surface area contributed by atoms with Gasteiger partial charge in [0.25, 0.3) is 0 Å². The van der Waals surface area contributed by atoms with Crippen LogP contribution in [0.4, 0.5) is 5.69 Å². The van der Waals surface area contributed by atoms with E-state index in [0.29, 0.717) is 12.4 Å². The molecule has 1 aromatic heterocycles. The molecule has 0 aliphatic heterocycles. The Hall–Kier alpha value is -1.59. The predicted octanol–water partition coefficient (Wildman–Crippen LogP) is 2.05. The normalized spacial score (nSPS) is 12.4. The summed E-state index contributed by atoms with van der Waals surface area (Å²) in [6.45, 7) is 2.44. The number of hydrogen-bond acceptors (Lipinski definition) is 4. The third kappa shape index (κ3) is 3.68. The number of nitrogens with zero attached hydrogens (tertiary/aromatic N) is 2. The SMILES string of the molecule is CCc1nc(-c2cccc(NCC(O)CCl)c2)n[nH]1. The molecule has 5 nitrogen and oxygen atoms in total. The van der Waals surface area contributed by atoms with Gasteiger partial charge in [0, 0.05) is 24.2 Å². The van der Waals surface area contributed by atoms with Crippen molar-refractivity contribution >= 4 is 17.3 Å². The van der Waals surface area contributed by atoms with Gasteiger partial charge in [-0.05, 0) is 12.1 Å². The lowest BCUT2D eigenvalue weighted by molar-refractivity contribution is 0.211. The first-order valence-corrected chi connectivity index (χ1v) is 6.76. The number of aromatic amines is 1. The van der Waals surface area contributed by atoms with Crippen molar-refractivity contribution in [1.29, 1.82) is 0 Å². The highest BCUT2D eigenvalue weighted by atomic mass is 35.5. The van der Waals surface area contributed by atoms with Crippen LogP contribution in [0, 0.1) is 0 Å². The van der Waals surface area contributed by atoms with Crippen molar-refractivity contribution in [3.05, 3.63) is 30.1 Å². The van der Waals surface area contributed by atoms with Crippen LogP contribution in [0.1, 0.15) is 12.7 Å². The lowest BCUT2D eigenvalue weighted by Gasteiger charge is -2.10. The van der Waals surface area contributed by atoms with E-state index >= 15 is 0 Å². The quantitative estimate of drug-likeness (QED) is 0.708. The number of H-pyrrole nitrogens is 1. The van der Waals surface area contributed by atoms with Crippen molar-refractivity contribution in [2.75, 3.05) is 17.7 Å². The number of aliphatic hydroxyl groups is 1. The van der Waals surface area contributed by atoms with Gasteiger partial charge in [0.05, 0.1) is 12.0 Å². The Balaban J connectivity index is 2.10. The minimum absolute atomic E-state index is 0.216. The zero-order valence-electron chi connectivity index (χ0n) is 10.7. The molecule has 102 valence electrons. The van der Waals surface area contributed by atoms with Gasteiger partial charge < -0.3 is 10.4 Å². The maximum Gasteiger partial charge on any atom is 0.181 e. The molecule has 1 unspecified atom stereocenters. The maximum absolute atomic E-state index is 9.42. The molecule has 1 atom stereocenters. The topological polar surface area (TPSA) is 73.8 Å². The number of alkyl halides is 1. The predicted molar refractivity (Wildman–Crippen MR) is 76.4 cm³/mol. The van der Waals surface area contributed by atoms with Gasteiger partial charge in [-0.1, -0.05) is 19.1 Å². The molecular formula is C13H17ClN4O. The minimum Gasteiger partial charge on any atom is -0.390 e. The third-order valence-electron chi connectivity index (χ3n) is 2.71. The number of anilines is 1.